The van der Waals surface area contributed by atoms with E-state index in [4.69, 9.17) is 0 Å². The van der Waals surface area contributed by atoms with Crippen molar-refractivity contribution in [2.45, 2.75) is 30.3 Å². The van der Waals surface area contributed by atoms with Gasteiger partial charge in [-0.25, -0.2) is 8.42 Å². The van der Waals surface area contributed by atoms with Crippen LogP contribution in [0.2, 0.25) is 0 Å². The predicted octanol–water partition coefficient (Wildman–Crippen LogP) is 0.283. The van der Waals surface area contributed by atoms with Gasteiger partial charge in [0.05, 0.1) is 6.20 Å². The van der Waals surface area contributed by atoms with Crippen LogP contribution in [0, 0.1) is 11.8 Å². The number of rotatable bonds is 3. The summed E-state index contributed by atoms with van der Waals surface area (Å²) in [7, 11) is -3.80. The summed E-state index contributed by atoms with van der Waals surface area (Å²) in [6, 6.07) is 0.406. The van der Waals surface area contributed by atoms with Crippen LogP contribution in [0.4, 0.5) is 0 Å². The number of carboxylic acids is 1. The van der Waals surface area contributed by atoms with Crippen LogP contribution in [0.25, 0.3) is 0 Å². The van der Waals surface area contributed by atoms with E-state index in [1.165, 1.54) is 12.3 Å². The predicted molar refractivity (Wildman–Crippen MR) is 64.7 cm³/mol. The summed E-state index contributed by atoms with van der Waals surface area (Å²) >= 11 is 0. The summed E-state index contributed by atoms with van der Waals surface area (Å²) in [6.07, 6.45) is 4.02. The number of nitrogens with one attached hydrogen (secondary N) is 1. The Morgan fingerprint density at radius 1 is 1.47 bits per heavy atom. The number of carboxylic acid groups (broad SMARTS) is 1. The maximum atomic E-state index is 12.4. The van der Waals surface area contributed by atoms with Crippen LogP contribution in [-0.4, -0.2) is 46.6 Å². The summed E-state index contributed by atoms with van der Waals surface area (Å²) in [6.45, 7) is 0.295. The number of carbonyl (C=O) groups is 1. The Morgan fingerprint density at radius 2 is 2.26 bits per heavy atom. The van der Waals surface area contributed by atoms with Crippen molar-refractivity contribution in [3.8, 4) is 0 Å². The van der Waals surface area contributed by atoms with Gasteiger partial charge in [-0.05, 0) is 30.7 Å². The molecule has 19 heavy (non-hydrogen) atoms. The zero-order chi connectivity index (χ0) is 13.6. The maximum Gasteiger partial charge on any atom is 0.322 e. The van der Waals surface area contributed by atoms with Crippen molar-refractivity contribution in [2.75, 3.05) is 6.54 Å². The van der Waals surface area contributed by atoms with Crippen LogP contribution in [0.3, 0.4) is 0 Å². The Morgan fingerprint density at radius 3 is 2.89 bits per heavy atom. The standard InChI is InChI=1S/C11H15N3O4S/c15-11(16)10-8-3-1-2-7(8)6-14(10)19(17,18)9-4-5-12-13-9/h4-5,7-8,10H,1-3,6H2,(H,12,13)(H,15,16). The molecule has 2 heterocycles. The van der Waals surface area contributed by atoms with E-state index in [2.05, 4.69) is 10.2 Å². The Kier molecular flexibility index (Phi) is 2.86. The molecule has 0 amide bonds. The van der Waals surface area contributed by atoms with Crippen LogP contribution in [0.5, 0.6) is 0 Å². The molecule has 1 aliphatic carbocycles. The fraction of sp³-hybridized carbons (Fsp3) is 0.636. The van der Waals surface area contributed by atoms with Crippen LogP contribution >= 0.6 is 0 Å². The molecule has 1 aliphatic heterocycles. The molecule has 1 aromatic heterocycles. The Labute approximate surface area is 110 Å². The first-order valence-corrected chi connectivity index (χ1v) is 7.70. The topological polar surface area (TPSA) is 103 Å². The first-order chi connectivity index (χ1) is 9.01. The lowest BCUT2D eigenvalue weighted by atomic mass is 9.94. The lowest BCUT2D eigenvalue weighted by Gasteiger charge is -2.22. The highest BCUT2D eigenvalue weighted by Gasteiger charge is 2.52. The second kappa shape index (κ2) is 4.31. The molecule has 0 spiro atoms. The Balaban J connectivity index is 1.98. The third-order valence-corrected chi connectivity index (χ3v) is 5.94. The maximum absolute atomic E-state index is 12.4. The summed E-state index contributed by atoms with van der Waals surface area (Å²) in [5.74, 6) is -0.952. The smallest absolute Gasteiger partial charge is 0.322 e. The molecule has 3 unspecified atom stereocenters. The van der Waals surface area contributed by atoms with Gasteiger partial charge in [0.2, 0.25) is 0 Å². The van der Waals surface area contributed by atoms with Crippen molar-refractivity contribution in [1.29, 1.82) is 0 Å². The Hall–Kier alpha value is -1.41. The van der Waals surface area contributed by atoms with Crippen molar-refractivity contribution in [2.24, 2.45) is 11.8 Å². The van der Waals surface area contributed by atoms with Crippen molar-refractivity contribution in [3.05, 3.63) is 12.3 Å². The summed E-state index contributed by atoms with van der Waals surface area (Å²) in [5.41, 5.74) is 0. The fourth-order valence-electron chi connectivity index (χ4n) is 3.33. The molecule has 0 aromatic carbocycles. The SMILES string of the molecule is O=C(O)C1C2CCCC2CN1S(=O)(=O)c1ccn[nH]1. The van der Waals surface area contributed by atoms with Gasteiger partial charge >= 0.3 is 5.97 Å². The van der Waals surface area contributed by atoms with E-state index in [0.29, 0.717) is 6.54 Å². The van der Waals surface area contributed by atoms with E-state index in [9.17, 15) is 18.3 Å². The molecule has 1 saturated carbocycles. The molecule has 3 rings (SSSR count). The molecule has 1 aromatic rings. The average Bonchev–Trinajstić information content (AvgIpc) is 3.04. The lowest BCUT2D eigenvalue weighted by Crippen LogP contribution is -2.43. The minimum Gasteiger partial charge on any atom is -0.480 e. The zero-order valence-corrected chi connectivity index (χ0v) is 11.0. The number of aromatic nitrogens is 2. The minimum atomic E-state index is -3.80. The highest BCUT2D eigenvalue weighted by atomic mass is 32.2. The fourth-order valence-corrected chi connectivity index (χ4v) is 4.92. The highest BCUT2D eigenvalue weighted by molar-refractivity contribution is 7.89. The minimum absolute atomic E-state index is 0.0428. The molecule has 2 N–H and O–H groups in total. The second-order valence-electron chi connectivity index (χ2n) is 5.13. The summed E-state index contributed by atoms with van der Waals surface area (Å²) in [4.78, 5) is 11.4. The van der Waals surface area contributed by atoms with E-state index in [1.54, 1.807) is 0 Å². The van der Waals surface area contributed by atoms with Crippen molar-refractivity contribution in [3.63, 3.8) is 0 Å². The molecule has 0 bridgehead atoms. The van der Waals surface area contributed by atoms with Gasteiger partial charge in [-0.15, -0.1) is 0 Å². The van der Waals surface area contributed by atoms with E-state index in [0.717, 1.165) is 23.6 Å². The van der Waals surface area contributed by atoms with Gasteiger partial charge in [-0.1, -0.05) is 6.42 Å². The lowest BCUT2D eigenvalue weighted by molar-refractivity contribution is -0.142. The molecule has 2 aliphatic rings. The summed E-state index contributed by atoms with van der Waals surface area (Å²) in [5, 5.41) is 15.3. The highest BCUT2D eigenvalue weighted by Crippen LogP contribution is 2.44. The molecule has 104 valence electrons. The first-order valence-electron chi connectivity index (χ1n) is 6.26. The van der Waals surface area contributed by atoms with Crippen LogP contribution in [0.1, 0.15) is 19.3 Å². The zero-order valence-electron chi connectivity index (χ0n) is 10.2. The number of hydrogen-bond acceptors (Lipinski definition) is 4. The van der Waals surface area contributed by atoms with Gasteiger partial charge in [-0.3, -0.25) is 9.89 Å². The molecular formula is C11H15N3O4S. The van der Waals surface area contributed by atoms with Gasteiger partial charge in [-0.2, -0.15) is 9.40 Å². The van der Waals surface area contributed by atoms with E-state index in [1.807, 2.05) is 0 Å². The number of sulfonamides is 1. The largest absolute Gasteiger partial charge is 0.480 e. The van der Waals surface area contributed by atoms with Crippen molar-refractivity contribution < 1.29 is 18.3 Å². The number of aliphatic carboxylic acids is 1. The second-order valence-corrected chi connectivity index (χ2v) is 6.99. The number of H-pyrrole nitrogens is 1. The van der Waals surface area contributed by atoms with E-state index < -0.39 is 22.0 Å². The van der Waals surface area contributed by atoms with Gasteiger partial charge in [0, 0.05) is 6.54 Å². The molecular weight excluding hydrogens is 270 g/mol. The van der Waals surface area contributed by atoms with Gasteiger partial charge < -0.3 is 5.11 Å². The first kappa shape index (κ1) is 12.6. The normalized spacial score (nSPS) is 31.5. The average molecular weight is 285 g/mol. The van der Waals surface area contributed by atoms with Crippen molar-refractivity contribution >= 4 is 16.0 Å². The number of fused-ring (bicyclic) bond motifs is 1. The van der Waals surface area contributed by atoms with Crippen LogP contribution in [0.15, 0.2) is 17.3 Å². The third-order valence-electron chi connectivity index (χ3n) is 4.16. The molecule has 8 heteroatoms. The monoisotopic (exact) mass is 285 g/mol. The molecule has 7 nitrogen and oxygen atoms in total. The van der Waals surface area contributed by atoms with Gasteiger partial charge in [0.1, 0.15) is 6.04 Å². The van der Waals surface area contributed by atoms with Gasteiger partial charge in [0.15, 0.2) is 5.03 Å². The van der Waals surface area contributed by atoms with E-state index >= 15 is 0 Å². The molecule has 3 atom stereocenters. The van der Waals surface area contributed by atoms with E-state index in [-0.39, 0.29) is 16.9 Å². The number of aromatic amines is 1. The van der Waals surface area contributed by atoms with Gasteiger partial charge in [0.25, 0.3) is 10.0 Å². The number of hydrogen-bond donors (Lipinski definition) is 2. The van der Waals surface area contributed by atoms with Crippen LogP contribution < -0.4 is 0 Å². The Bertz CT molecular complexity index is 583. The summed E-state index contributed by atoms with van der Waals surface area (Å²) < 4.78 is 26.0. The quantitative estimate of drug-likeness (QED) is 0.830. The molecule has 1 saturated heterocycles. The van der Waals surface area contributed by atoms with Crippen LogP contribution in [-0.2, 0) is 14.8 Å². The molecule has 0 radical (unpaired) electrons. The van der Waals surface area contributed by atoms with Crippen molar-refractivity contribution in [1.82, 2.24) is 14.5 Å². The third kappa shape index (κ3) is 1.86. The number of nitrogens with zero attached hydrogens (tertiary/aromatic N) is 2. The molecule has 2 fully saturated rings.